The number of nitrogens with zero attached hydrogens (tertiary/aromatic N) is 1. The number of nitrogens with two attached hydrogens (primary N) is 1. The van der Waals surface area contributed by atoms with Crippen LogP contribution in [0.1, 0.15) is 19.4 Å². The van der Waals surface area contributed by atoms with Crippen LogP contribution >= 0.6 is 0 Å². The number of likely N-dealkylation sites (N-methyl/N-ethyl adjacent to an activating group) is 1. The summed E-state index contributed by atoms with van der Waals surface area (Å²) in [6, 6.07) is 7.80. The molecule has 3 N–H and O–H groups in total. The van der Waals surface area contributed by atoms with Gasteiger partial charge < -0.3 is 5.73 Å². The van der Waals surface area contributed by atoms with E-state index in [0.29, 0.717) is 13.1 Å². The first-order valence-corrected chi connectivity index (χ1v) is 6.36. The van der Waals surface area contributed by atoms with Crippen molar-refractivity contribution in [3.05, 3.63) is 35.9 Å². The van der Waals surface area contributed by atoms with Crippen LogP contribution in [0.4, 0.5) is 8.78 Å². The van der Waals surface area contributed by atoms with Crippen LogP contribution in [0.5, 0.6) is 0 Å². The van der Waals surface area contributed by atoms with Crippen LogP contribution in [0, 0.1) is 11.3 Å². The van der Waals surface area contributed by atoms with Crippen molar-refractivity contribution in [2.75, 3.05) is 19.6 Å². The number of alkyl halides is 2. The summed E-state index contributed by atoms with van der Waals surface area (Å²) < 4.78 is 28.2. The topological polar surface area (TPSA) is 53.1 Å². The lowest BCUT2D eigenvalue weighted by atomic mass is 10.1. The maximum atomic E-state index is 14.1. The third kappa shape index (κ3) is 4.59. The average molecular weight is 269 g/mol. The Hall–Kier alpha value is -1.49. The summed E-state index contributed by atoms with van der Waals surface area (Å²) >= 11 is 0. The van der Waals surface area contributed by atoms with E-state index in [0.717, 1.165) is 0 Å². The second-order valence-corrected chi connectivity index (χ2v) is 4.75. The second kappa shape index (κ2) is 6.61. The number of halogens is 2. The molecule has 0 aromatic heterocycles. The highest BCUT2D eigenvalue weighted by Crippen LogP contribution is 2.28. The highest BCUT2D eigenvalue weighted by atomic mass is 19.3. The monoisotopic (exact) mass is 269 g/mol. The predicted octanol–water partition coefficient (Wildman–Crippen LogP) is 2.67. The van der Waals surface area contributed by atoms with E-state index in [4.69, 9.17) is 11.1 Å². The molecule has 1 unspecified atom stereocenters. The Labute approximate surface area is 112 Å². The Balaban J connectivity index is 2.72. The van der Waals surface area contributed by atoms with Crippen molar-refractivity contribution in [2.45, 2.75) is 19.8 Å². The van der Waals surface area contributed by atoms with Gasteiger partial charge in [-0.05, 0) is 6.54 Å². The SMILES string of the molecule is CCN(CC(C)C(=N)N)CC(F)(F)c1ccccc1. The van der Waals surface area contributed by atoms with Gasteiger partial charge in [-0.3, -0.25) is 10.3 Å². The molecule has 0 aliphatic heterocycles. The molecule has 106 valence electrons. The van der Waals surface area contributed by atoms with Crippen molar-refractivity contribution in [3.8, 4) is 0 Å². The molecule has 0 radical (unpaired) electrons. The molecular weight excluding hydrogens is 248 g/mol. The van der Waals surface area contributed by atoms with Crippen molar-refractivity contribution in [2.24, 2.45) is 11.7 Å². The second-order valence-electron chi connectivity index (χ2n) is 4.75. The van der Waals surface area contributed by atoms with Gasteiger partial charge in [-0.25, -0.2) is 0 Å². The summed E-state index contributed by atoms with van der Waals surface area (Å²) in [5.41, 5.74) is 5.40. The molecule has 1 atom stereocenters. The zero-order valence-corrected chi connectivity index (χ0v) is 11.4. The van der Waals surface area contributed by atoms with Gasteiger partial charge in [-0.15, -0.1) is 0 Å². The van der Waals surface area contributed by atoms with E-state index in [1.807, 2.05) is 6.92 Å². The Kier molecular flexibility index (Phi) is 5.42. The molecule has 0 spiro atoms. The van der Waals surface area contributed by atoms with Crippen molar-refractivity contribution in [3.63, 3.8) is 0 Å². The number of hydrogen-bond acceptors (Lipinski definition) is 2. The third-order valence-corrected chi connectivity index (χ3v) is 3.13. The number of hydrogen-bond donors (Lipinski definition) is 2. The van der Waals surface area contributed by atoms with E-state index in [1.165, 1.54) is 12.1 Å². The molecule has 19 heavy (non-hydrogen) atoms. The lowest BCUT2D eigenvalue weighted by Crippen LogP contribution is -2.40. The van der Waals surface area contributed by atoms with Crippen LogP contribution in [-0.4, -0.2) is 30.4 Å². The van der Waals surface area contributed by atoms with Crippen molar-refractivity contribution >= 4 is 5.84 Å². The van der Waals surface area contributed by atoms with E-state index in [-0.39, 0.29) is 23.9 Å². The summed E-state index contributed by atoms with van der Waals surface area (Å²) in [6.45, 7) is 4.11. The fourth-order valence-electron chi connectivity index (χ4n) is 1.85. The molecule has 0 aliphatic rings. The van der Waals surface area contributed by atoms with Crippen LogP contribution in [-0.2, 0) is 5.92 Å². The first-order valence-electron chi connectivity index (χ1n) is 6.36. The first kappa shape index (κ1) is 15.6. The van der Waals surface area contributed by atoms with Gasteiger partial charge in [0.15, 0.2) is 0 Å². The molecule has 1 aromatic rings. The molecule has 0 aliphatic carbocycles. The van der Waals surface area contributed by atoms with Crippen LogP contribution in [0.2, 0.25) is 0 Å². The average Bonchev–Trinajstić information content (AvgIpc) is 2.38. The Morgan fingerprint density at radius 1 is 1.37 bits per heavy atom. The maximum absolute atomic E-state index is 14.1. The number of benzene rings is 1. The first-order chi connectivity index (χ1) is 8.86. The largest absolute Gasteiger partial charge is 0.387 e. The fourth-order valence-corrected chi connectivity index (χ4v) is 1.85. The summed E-state index contributed by atoms with van der Waals surface area (Å²) in [4.78, 5) is 1.62. The quantitative estimate of drug-likeness (QED) is 0.590. The molecule has 1 aromatic carbocycles. The zero-order chi connectivity index (χ0) is 14.5. The van der Waals surface area contributed by atoms with Crippen LogP contribution in [0.15, 0.2) is 30.3 Å². The third-order valence-electron chi connectivity index (χ3n) is 3.13. The normalized spacial score (nSPS) is 13.5. The molecule has 5 heteroatoms. The molecule has 0 fully saturated rings. The van der Waals surface area contributed by atoms with Gasteiger partial charge >= 0.3 is 0 Å². The summed E-state index contributed by atoms with van der Waals surface area (Å²) in [6.07, 6.45) is 0. The highest BCUT2D eigenvalue weighted by Gasteiger charge is 2.33. The predicted molar refractivity (Wildman–Crippen MR) is 73.5 cm³/mol. The van der Waals surface area contributed by atoms with Gasteiger partial charge in [-0.2, -0.15) is 8.78 Å². The van der Waals surface area contributed by atoms with Crippen molar-refractivity contribution < 1.29 is 8.78 Å². The molecule has 0 bridgehead atoms. The minimum atomic E-state index is -2.90. The maximum Gasteiger partial charge on any atom is 0.285 e. The summed E-state index contributed by atoms with van der Waals surface area (Å²) in [7, 11) is 0. The smallest absolute Gasteiger partial charge is 0.285 e. The molecule has 1 rings (SSSR count). The fraction of sp³-hybridized carbons (Fsp3) is 0.500. The van der Waals surface area contributed by atoms with Gasteiger partial charge in [0.2, 0.25) is 0 Å². The zero-order valence-electron chi connectivity index (χ0n) is 11.4. The van der Waals surface area contributed by atoms with Crippen LogP contribution in [0.25, 0.3) is 0 Å². The Morgan fingerprint density at radius 2 is 1.95 bits per heavy atom. The Bertz CT molecular complexity index is 406. The number of nitrogens with one attached hydrogen (secondary N) is 1. The Morgan fingerprint density at radius 3 is 2.42 bits per heavy atom. The van der Waals surface area contributed by atoms with Crippen LogP contribution < -0.4 is 5.73 Å². The minimum absolute atomic E-state index is 0.0175. The number of rotatable bonds is 7. The van der Waals surface area contributed by atoms with Gasteiger partial charge in [0.25, 0.3) is 5.92 Å². The lowest BCUT2D eigenvalue weighted by molar-refractivity contribution is -0.0380. The van der Waals surface area contributed by atoms with E-state index in [2.05, 4.69) is 0 Å². The summed E-state index contributed by atoms with van der Waals surface area (Å²) in [5, 5.41) is 7.33. The van der Waals surface area contributed by atoms with Gasteiger partial charge in [0.1, 0.15) is 0 Å². The van der Waals surface area contributed by atoms with E-state index >= 15 is 0 Å². The van der Waals surface area contributed by atoms with Gasteiger partial charge in [-0.1, -0.05) is 44.2 Å². The molecule has 0 amide bonds. The molecular formula is C14H21F2N3. The van der Waals surface area contributed by atoms with Crippen molar-refractivity contribution in [1.82, 2.24) is 4.90 Å². The summed E-state index contributed by atoms with van der Waals surface area (Å²) in [5.74, 6) is -3.08. The lowest BCUT2D eigenvalue weighted by Gasteiger charge is -2.28. The number of amidine groups is 1. The molecule has 0 saturated heterocycles. The highest BCUT2D eigenvalue weighted by molar-refractivity contribution is 5.79. The minimum Gasteiger partial charge on any atom is -0.387 e. The standard InChI is InChI=1S/C14H21F2N3/c1-3-19(9-11(2)13(17)18)10-14(15,16)12-7-5-4-6-8-12/h4-8,11H,3,9-10H2,1-2H3,(H3,17,18). The van der Waals surface area contributed by atoms with Crippen LogP contribution in [0.3, 0.4) is 0 Å². The molecule has 0 saturated carbocycles. The van der Waals surface area contributed by atoms with Crippen molar-refractivity contribution in [1.29, 1.82) is 5.41 Å². The molecule has 3 nitrogen and oxygen atoms in total. The molecule has 0 heterocycles. The van der Waals surface area contributed by atoms with Gasteiger partial charge in [0, 0.05) is 18.0 Å². The van der Waals surface area contributed by atoms with Gasteiger partial charge in [0.05, 0.1) is 12.4 Å². The van der Waals surface area contributed by atoms with E-state index < -0.39 is 5.92 Å². The van der Waals surface area contributed by atoms with E-state index in [1.54, 1.807) is 30.0 Å². The van der Waals surface area contributed by atoms with E-state index in [9.17, 15) is 8.78 Å².